The van der Waals surface area contributed by atoms with Crippen molar-refractivity contribution in [2.24, 2.45) is 11.8 Å². The molecule has 1 aliphatic heterocycles. The first-order chi connectivity index (χ1) is 11.7. The molecule has 136 valence electrons. The van der Waals surface area contributed by atoms with Crippen LogP contribution in [0.2, 0.25) is 4.34 Å². The molecule has 0 saturated carbocycles. The monoisotopic (exact) mass is 403 g/mol. The van der Waals surface area contributed by atoms with Gasteiger partial charge in [-0.25, -0.2) is 8.42 Å². The molecule has 1 fully saturated rings. The number of hydrogen-bond donors (Lipinski definition) is 0. The van der Waals surface area contributed by atoms with Crippen molar-refractivity contribution in [2.45, 2.75) is 25.5 Å². The van der Waals surface area contributed by atoms with Gasteiger partial charge in [-0.2, -0.15) is 0 Å². The summed E-state index contributed by atoms with van der Waals surface area (Å²) in [5.41, 5.74) is 0. The van der Waals surface area contributed by atoms with Crippen LogP contribution in [-0.4, -0.2) is 48.3 Å². The quantitative estimate of drug-likeness (QED) is 0.779. The average molecular weight is 404 g/mol. The highest BCUT2D eigenvalue weighted by molar-refractivity contribution is 7.91. The smallest absolute Gasteiger partial charge is 0.336 e. The standard InChI is InChI=1S/C15H18ClN3O4S2/c1-9-5-10(2)7-19(6-9)13(20)8-25(21,22)15-18-17-14(23-15)11-3-4-12(16)24-11/h3-4,9-10H,5-8H2,1-2H3. The highest BCUT2D eigenvalue weighted by atomic mass is 35.5. The Morgan fingerprint density at radius 2 is 2.00 bits per heavy atom. The molecule has 1 amide bonds. The molecule has 0 radical (unpaired) electrons. The van der Waals surface area contributed by atoms with E-state index < -0.39 is 26.7 Å². The summed E-state index contributed by atoms with van der Waals surface area (Å²) in [4.78, 5) is 14.6. The van der Waals surface area contributed by atoms with E-state index in [-0.39, 0.29) is 5.89 Å². The molecule has 3 heterocycles. The minimum absolute atomic E-state index is 0.0724. The van der Waals surface area contributed by atoms with Gasteiger partial charge in [0.15, 0.2) is 0 Å². The molecule has 2 atom stereocenters. The van der Waals surface area contributed by atoms with E-state index in [9.17, 15) is 13.2 Å². The minimum atomic E-state index is -3.98. The van der Waals surface area contributed by atoms with Gasteiger partial charge < -0.3 is 9.32 Å². The predicted molar refractivity (Wildman–Crippen MR) is 94.2 cm³/mol. The number of hydrogen-bond acceptors (Lipinski definition) is 7. The molecule has 3 rings (SSSR count). The van der Waals surface area contributed by atoms with Crippen molar-refractivity contribution in [3.63, 3.8) is 0 Å². The van der Waals surface area contributed by atoms with Crippen molar-refractivity contribution in [1.82, 2.24) is 15.1 Å². The van der Waals surface area contributed by atoms with E-state index >= 15 is 0 Å². The Balaban J connectivity index is 1.73. The number of carbonyl (C=O) groups excluding carboxylic acids is 1. The molecule has 2 unspecified atom stereocenters. The van der Waals surface area contributed by atoms with Gasteiger partial charge in [0.2, 0.25) is 15.7 Å². The molecule has 7 nitrogen and oxygen atoms in total. The maximum atomic E-state index is 12.4. The maximum Gasteiger partial charge on any atom is 0.336 e. The second kappa shape index (κ2) is 7.05. The van der Waals surface area contributed by atoms with E-state index in [1.807, 2.05) is 0 Å². The van der Waals surface area contributed by atoms with Crippen LogP contribution in [0, 0.1) is 11.8 Å². The zero-order valence-corrected chi connectivity index (χ0v) is 16.2. The second-order valence-corrected chi connectivity index (χ2v) is 10.1. The van der Waals surface area contributed by atoms with Crippen molar-refractivity contribution in [1.29, 1.82) is 0 Å². The zero-order chi connectivity index (χ0) is 18.2. The molecule has 0 aliphatic carbocycles. The van der Waals surface area contributed by atoms with Crippen LogP contribution in [0.4, 0.5) is 0 Å². The lowest BCUT2D eigenvalue weighted by atomic mass is 9.92. The Bertz CT molecular complexity index is 867. The summed E-state index contributed by atoms with van der Waals surface area (Å²) in [5.74, 6) is -0.317. The first-order valence-electron chi connectivity index (χ1n) is 7.84. The molecular weight excluding hydrogens is 386 g/mol. The van der Waals surface area contributed by atoms with Gasteiger partial charge in [-0.1, -0.05) is 30.5 Å². The number of thiophene rings is 1. The fraction of sp³-hybridized carbons (Fsp3) is 0.533. The fourth-order valence-corrected chi connectivity index (χ4v) is 5.01. The average Bonchev–Trinajstić information content (AvgIpc) is 3.14. The molecule has 1 saturated heterocycles. The van der Waals surface area contributed by atoms with Gasteiger partial charge >= 0.3 is 5.22 Å². The topological polar surface area (TPSA) is 93.4 Å². The van der Waals surface area contributed by atoms with Crippen molar-refractivity contribution in [2.75, 3.05) is 18.8 Å². The van der Waals surface area contributed by atoms with E-state index in [0.29, 0.717) is 34.1 Å². The second-order valence-electron chi connectivity index (χ2n) is 6.48. The summed E-state index contributed by atoms with van der Waals surface area (Å²) in [6.07, 6.45) is 1.03. The lowest BCUT2D eigenvalue weighted by Crippen LogP contribution is -2.44. The van der Waals surface area contributed by atoms with Crippen molar-refractivity contribution in [3.05, 3.63) is 16.5 Å². The maximum absolute atomic E-state index is 12.4. The summed E-state index contributed by atoms with van der Waals surface area (Å²) >= 11 is 7.05. The number of piperidine rings is 1. The van der Waals surface area contributed by atoms with Crippen molar-refractivity contribution >= 4 is 38.7 Å². The van der Waals surface area contributed by atoms with Gasteiger partial charge in [0, 0.05) is 13.1 Å². The Hall–Kier alpha value is -1.45. The fourth-order valence-electron chi connectivity index (χ4n) is 3.05. The molecule has 2 aromatic rings. The number of aromatic nitrogens is 2. The highest BCUT2D eigenvalue weighted by Gasteiger charge is 2.32. The Morgan fingerprint density at radius 3 is 2.60 bits per heavy atom. The molecular formula is C15H18ClN3O4S2. The van der Waals surface area contributed by atoms with Crippen LogP contribution in [-0.2, 0) is 14.6 Å². The zero-order valence-electron chi connectivity index (χ0n) is 13.8. The van der Waals surface area contributed by atoms with Crippen LogP contribution in [0.3, 0.4) is 0 Å². The van der Waals surface area contributed by atoms with E-state index in [4.69, 9.17) is 16.0 Å². The summed E-state index contributed by atoms with van der Waals surface area (Å²) in [6, 6.07) is 3.32. The van der Waals surface area contributed by atoms with Gasteiger partial charge in [0.05, 0.1) is 9.21 Å². The largest absolute Gasteiger partial charge is 0.407 e. The third kappa shape index (κ3) is 4.21. The van der Waals surface area contributed by atoms with Gasteiger partial charge in [-0.15, -0.1) is 16.4 Å². The molecule has 0 N–H and O–H groups in total. The minimum Gasteiger partial charge on any atom is -0.407 e. The predicted octanol–water partition coefficient (Wildman–Crippen LogP) is 2.73. The van der Waals surface area contributed by atoms with Crippen LogP contribution in [0.5, 0.6) is 0 Å². The molecule has 1 aliphatic rings. The highest BCUT2D eigenvalue weighted by Crippen LogP contribution is 2.30. The van der Waals surface area contributed by atoms with E-state index in [1.54, 1.807) is 17.0 Å². The summed E-state index contributed by atoms with van der Waals surface area (Å²) < 4.78 is 30.6. The normalized spacial score (nSPS) is 21.5. The van der Waals surface area contributed by atoms with Gasteiger partial charge in [-0.05, 0) is 30.4 Å². The third-order valence-corrected chi connectivity index (χ3v) is 6.53. The van der Waals surface area contributed by atoms with Crippen LogP contribution in [0.1, 0.15) is 20.3 Å². The number of likely N-dealkylation sites (tertiary alicyclic amines) is 1. The number of nitrogens with zero attached hydrogens (tertiary/aromatic N) is 3. The molecule has 0 aromatic carbocycles. The number of sulfone groups is 1. The molecule has 2 aromatic heterocycles. The Kier molecular flexibility index (Phi) is 5.17. The molecule has 10 heteroatoms. The molecule has 25 heavy (non-hydrogen) atoms. The lowest BCUT2D eigenvalue weighted by Gasteiger charge is -2.34. The third-order valence-electron chi connectivity index (χ3n) is 3.99. The van der Waals surface area contributed by atoms with E-state index in [0.717, 1.165) is 6.42 Å². The number of carbonyl (C=O) groups is 1. The van der Waals surface area contributed by atoms with Gasteiger partial charge in [-0.3, -0.25) is 4.79 Å². The van der Waals surface area contributed by atoms with Crippen LogP contribution < -0.4 is 0 Å². The molecule has 0 bridgehead atoms. The number of halogens is 1. The van der Waals surface area contributed by atoms with E-state index in [1.165, 1.54) is 11.3 Å². The Morgan fingerprint density at radius 1 is 1.32 bits per heavy atom. The summed E-state index contributed by atoms with van der Waals surface area (Å²) in [7, 11) is -3.98. The summed E-state index contributed by atoms with van der Waals surface area (Å²) in [5, 5.41) is 6.79. The van der Waals surface area contributed by atoms with Crippen molar-refractivity contribution in [3.8, 4) is 10.8 Å². The first kappa shape index (κ1) is 18.3. The van der Waals surface area contributed by atoms with Gasteiger partial charge in [0.25, 0.3) is 5.89 Å². The van der Waals surface area contributed by atoms with Crippen LogP contribution in [0.25, 0.3) is 10.8 Å². The number of amides is 1. The lowest BCUT2D eigenvalue weighted by molar-refractivity contribution is -0.131. The summed E-state index contributed by atoms with van der Waals surface area (Å²) in [6.45, 7) is 5.25. The van der Waals surface area contributed by atoms with E-state index in [2.05, 4.69) is 24.0 Å². The SMILES string of the molecule is CC1CC(C)CN(C(=O)CS(=O)(=O)c2nnc(-c3ccc(Cl)s3)o2)C1. The molecule has 0 spiro atoms. The van der Waals surface area contributed by atoms with Crippen LogP contribution >= 0.6 is 22.9 Å². The first-order valence-corrected chi connectivity index (χ1v) is 10.7. The Labute approximate surface area is 154 Å². The van der Waals surface area contributed by atoms with Crippen LogP contribution in [0.15, 0.2) is 21.8 Å². The number of rotatable bonds is 4. The van der Waals surface area contributed by atoms with Gasteiger partial charge in [0.1, 0.15) is 5.75 Å². The van der Waals surface area contributed by atoms with Crippen molar-refractivity contribution < 1.29 is 17.6 Å².